The quantitative estimate of drug-likeness (QED) is 0.825. The molecule has 2 aromatic rings. The Labute approximate surface area is 129 Å². The van der Waals surface area contributed by atoms with E-state index in [0.717, 1.165) is 13.0 Å². The van der Waals surface area contributed by atoms with Gasteiger partial charge in [-0.3, -0.25) is 4.72 Å². The summed E-state index contributed by atoms with van der Waals surface area (Å²) in [6.07, 6.45) is 2.43. The number of hydrogen-bond acceptors (Lipinski definition) is 4. The number of aromatic nitrogens is 2. The van der Waals surface area contributed by atoms with E-state index in [1.165, 1.54) is 12.3 Å². The summed E-state index contributed by atoms with van der Waals surface area (Å²) in [7, 11) is -3.74. The molecule has 2 rings (SSSR count). The highest BCUT2D eigenvalue weighted by Crippen LogP contribution is 2.24. The molecule has 3 N–H and O–H groups in total. The first-order valence-electron chi connectivity index (χ1n) is 6.45. The molecule has 1 heterocycles. The number of rotatable bonds is 5. The fraction of sp³-hybridized carbons (Fsp3) is 0.308. The third-order valence-corrected chi connectivity index (χ3v) is 4.53. The van der Waals surface area contributed by atoms with Crippen molar-refractivity contribution in [3.8, 4) is 0 Å². The molecule has 0 aliphatic heterocycles. The molecule has 1 aromatic heterocycles. The Morgan fingerprint density at radius 2 is 2.14 bits per heavy atom. The van der Waals surface area contributed by atoms with Gasteiger partial charge in [0.1, 0.15) is 5.82 Å². The second-order valence-electron chi connectivity index (χ2n) is 4.66. The largest absolute Gasteiger partial charge is 0.398 e. The van der Waals surface area contributed by atoms with Crippen LogP contribution in [0.4, 0.5) is 11.4 Å². The molecule has 21 heavy (non-hydrogen) atoms. The molecule has 0 spiro atoms. The van der Waals surface area contributed by atoms with E-state index in [9.17, 15) is 8.42 Å². The zero-order chi connectivity index (χ0) is 15.6. The lowest BCUT2D eigenvalue weighted by Crippen LogP contribution is -2.13. The van der Waals surface area contributed by atoms with Crippen LogP contribution >= 0.6 is 11.6 Å². The number of anilines is 2. The third-order valence-electron chi connectivity index (χ3n) is 2.95. The van der Waals surface area contributed by atoms with Crippen LogP contribution in [0.3, 0.4) is 0 Å². The molecule has 1 aromatic carbocycles. The van der Waals surface area contributed by atoms with Gasteiger partial charge < -0.3 is 10.3 Å². The van der Waals surface area contributed by atoms with E-state index in [1.54, 1.807) is 19.1 Å². The highest BCUT2D eigenvalue weighted by Gasteiger charge is 2.19. The van der Waals surface area contributed by atoms with Gasteiger partial charge in [-0.1, -0.05) is 18.5 Å². The molecule has 0 saturated heterocycles. The normalized spacial score (nSPS) is 11.6. The zero-order valence-corrected chi connectivity index (χ0v) is 13.4. The first-order valence-corrected chi connectivity index (χ1v) is 8.31. The van der Waals surface area contributed by atoms with E-state index in [-0.39, 0.29) is 5.03 Å². The topological polar surface area (TPSA) is 90.0 Å². The smallest absolute Gasteiger partial charge is 0.280 e. The molecular weight excluding hydrogens is 312 g/mol. The van der Waals surface area contributed by atoms with Crippen molar-refractivity contribution < 1.29 is 8.42 Å². The Morgan fingerprint density at radius 3 is 2.76 bits per heavy atom. The lowest BCUT2D eigenvalue weighted by Gasteiger charge is -2.07. The second kappa shape index (κ2) is 5.95. The van der Waals surface area contributed by atoms with Crippen molar-refractivity contribution >= 4 is 33.0 Å². The highest BCUT2D eigenvalue weighted by atomic mass is 35.5. The van der Waals surface area contributed by atoms with Gasteiger partial charge in [0.2, 0.25) is 0 Å². The number of imidazole rings is 1. The Hall–Kier alpha value is -1.73. The summed E-state index contributed by atoms with van der Waals surface area (Å²) in [5.74, 6) is 0.660. The summed E-state index contributed by atoms with van der Waals surface area (Å²) in [6.45, 7) is 4.51. The summed E-state index contributed by atoms with van der Waals surface area (Å²) < 4.78 is 28.9. The predicted octanol–water partition coefficient (Wildman–Crippen LogP) is 2.64. The number of nitrogen functional groups attached to an aromatic ring is 1. The second-order valence-corrected chi connectivity index (χ2v) is 6.70. The predicted molar refractivity (Wildman–Crippen MR) is 83.9 cm³/mol. The average Bonchev–Trinajstić information content (AvgIpc) is 2.77. The molecule has 0 radical (unpaired) electrons. The molecule has 0 aliphatic rings. The number of hydrogen-bond donors (Lipinski definition) is 2. The maximum atomic E-state index is 12.3. The van der Waals surface area contributed by atoms with E-state index >= 15 is 0 Å². The van der Waals surface area contributed by atoms with Gasteiger partial charge in [-0.05, 0) is 31.5 Å². The molecule has 0 bridgehead atoms. The molecule has 0 fully saturated rings. The van der Waals surface area contributed by atoms with Crippen LogP contribution in [-0.2, 0) is 16.6 Å². The van der Waals surface area contributed by atoms with Gasteiger partial charge in [0.25, 0.3) is 10.0 Å². The number of benzene rings is 1. The maximum absolute atomic E-state index is 12.3. The zero-order valence-electron chi connectivity index (χ0n) is 11.8. The molecule has 0 aliphatic carbocycles. The fourth-order valence-corrected chi connectivity index (χ4v) is 3.11. The number of halogens is 1. The fourth-order valence-electron chi connectivity index (χ4n) is 1.87. The molecule has 0 atom stereocenters. The number of sulfonamides is 1. The van der Waals surface area contributed by atoms with Gasteiger partial charge in [-0.25, -0.2) is 4.98 Å². The Bertz CT molecular complexity index is 756. The first-order chi connectivity index (χ1) is 9.83. The molecule has 0 saturated carbocycles. The van der Waals surface area contributed by atoms with Crippen LogP contribution in [0.1, 0.15) is 19.2 Å². The minimum absolute atomic E-state index is 0.0126. The SMILES string of the molecule is CCCn1cc(S(=O)(=O)Nc2ccc(N)c(Cl)c2)nc1C. The van der Waals surface area contributed by atoms with Crippen LogP contribution in [0.5, 0.6) is 0 Å². The Morgan fingerprint density at radius 1 is 1.43 bits per heavy atom. The van der Waals surface area contributed by atoms with Crippen molar-refractivity contribution in [1.82, 2.24) is 9.55 Å². The van der Waals surface area contributed by atoms with Crippen LogP contribution in [-0.4, -0.2) is 18.0 Å². The number of nitrogens with two attached hydrogens (primary N) is 1. The van der Waals surface area contributed by atoms with Gasteiger partial charge in [0.05, 0.1) is 16.4 Å². The van der Waals surface area contributed by atoms with Gasteiger partial charge >= 0.3 is 0 Å². The number of nitrogens with one attached hydrogen (secondary N) is 1. The van der Waals surface area contributed by atoms with Gasteiger partial charge in [0, 0.05) is 12.7 Å². The van der Waals surface area contributed by atoms with E-state index in [4.69, 9.17) is 17.3 Å². The van der Waals surface area contributed by atoms with Crippen molar-refractivity contribution in [2.45, 2.75) is 31.8 Å². The van der Waals surface area contributed by atoms with Crippen molar-refractivity contribution in [3.63, 3.8) is 0 Å². The minimum atomic E-state index is -3.74. The van der Waals surface area contributed by atoms with Crippen LogP contribution in [0.2, 0.25) is 5.02 Å². The average molecular weight is 329 g/mol. The summed E-state index contributed by atoms with van der Waals surface area (Å²) in [4.78, 5) is 4.09. The summed E-state index contributed by atoms with van der Waals surface area (Å²) in [5, 5.41) is 0.282. The lowest BCUT2D eigenvalue weighted by molar-refractivity contribution is 0.597. The summed E-state index contributed by atoms with van der Waals surface area (Å²) in [6, 6.07) is 4.56. The highest BCUT2D eigenvalue weighted by molar-refractivity contribution is 7.92. The van der Waals surface area contributed by atoms with Gasteiger partial charge in [-0.2, -0.15) is 8.42 Å². The van der Waals surface area contributed by atoms with Crippen LogP contribution < -0.4 is 10.5 Å². The van der Waals surface area contributed by atoms with Crippen LogP contribution in [0.25, 0.3) is 0 Å². The molecule has 6 nitrogen and oxygen atoms in total. The monoisotopic (exact) mass is 328 g/mol. The number of nitrogens with zero attached hydrogens (tertiary/aromatic N) is 2. The van der Waals surface area contributed by atoms with E-state index < -0.39 is 10.0 Å². The number of aryl methyl sites for hydroxylation is 2. The van der Waals surface area contributed by atoms with Crippen molar-refractivity contribution in [1.29, 1.82) is 0 Å². The standard InChI is InChI=1S/C13H17ClN4O2S/c1-3-6-18-8-13(16-9(18)2)21(19,20)17-10-4-5-12(15)11(14)7-10/h4-5,7-8,17H,3,6,15H2,1-2H3. The molecule has 0 amide bonds. The lowest BCUT2D eigenvalue weighted by atomic mass is 10.3. The van der Waals surface area contributed by atoms with Crippen molar-refractivity contribution in [2.75, 3.05) is 10.5 Å². The molecule has 0 unspecified atom stereocenters. The third kappa shape index (κ3) is 3.48. The van der Waals surface area contributed by atoms with Gasteiger partial charge in [0.15, 0.2) is 5.03 Å². The minimum Gasteiger partial charge on any atom is -0.398 e. The van der Waals surface area contributed by atoms with Crippen LogP contribution in [0.15, 0.2) is 29.4 Å². The van der Waals surface area contributed by atoms with Crippen molar-refractivity contribution in [3.05, 3.63) is 35.2 Å². The Balaban J connectivity index is 2.29. The molecular formula is C13H17ClN4O2S. The van der Waals surface area contributed by atoms with E-state index in [2.05, 4.69) is 9.71 Å². The van der Waals surface area contributed by atoms with Crippen molar-refractivity contribution in [2.24, 2.45) is 0 Å². The van der Waals surface area contributed by atoms with Crippen LogP contribution in [0, 0.1) is 6.92 Å². The Kier molecular flexibility index (Phi) is 4.43. The molecule has 8 heteroatoms. The maximum Gasteiger partial charge on any atom is 0.280 e. The van der Waals surface area contributed by atoms with E-state index in [1.807, 2.05) is 11.5 Å². The summed E-state index contributed by atoms with van der Waals surface area (Å²) in [5.41, 5.74) is 6.33. The summed E-state index contributed by atoms with van der Waals surface area (Å²) >= 11 is 5.88. The van der Waals surface area contributed by atoms with Gasteiger partial charge in [-0.15, -0.1) is 0 Å². The first kappa shape index (κ1) is 15.7. The molecule has 114 valence electrons. The van der Waals surface area contributed by atoms with E-state index in [0.29, 0.717) is 22.2 Å².